The van der Waals surface area contributed by atoms with Crippen LogP contribution in [0.5, 0.6) is 11.5 Å². The third-order valence-corrected chi connectivity index (χ3v) is 2.07. The molecule has 0 aliphatic heterocycles. The molecule has 4 nitrogen and oxygen atoms in total. The molecule has 3 N–H and O–H groups in total. The molecular formula is C14H14O4. The largest absolute Gasteiger partial charge is 0.508 e. The Hall–Kier alpha value is -2.49. The number of phenolic OH excluding ortho intramolecular Hbond substituents is 2. The normalized spacial score (nSPS) is 9.17. The quantitative estimate of drug-likeness (QED) is 0.723. The molecule has 0 fully saturated rings. The van der Waals surface area contributed by atoms with E-state index in [0.717, 1.165) is 18.1 Å². The van der Waals surface area contributed by atoms with Gasteiger partial charge in [0.2, 0.25) is 0 Å². The first-order valence-electron chi connectivity index (χ1n) is 5.27. The Morgan fingerprint density at radius 2 is 1.00 bits per heavy atom. The predicted octanol–water partition coefficient (Wildman–Crippen LogP) is 2.86. The lowest BCUT2D eigenvalue weighted by Crippen LogP contribution is -1.78. The molecule has 0 heterocycles. The molecule has 94 valence electrons. The molecule has 0 aliphatic rings. The van der Waals surface area contributed by atoms with Crippen LogP contribution in [0.3, 0.4) is 0 Å². The Balaban J connectivity index is 0.000000357. The maximum Gasteiger partial charge on any atom is 0.300 e. The summed E-state index contributed by atoms with van der Waals surface area (Å²) in [4.78, 5) is 9.00. The van der Waals surface area contributed by atoms with E-state index in [1.165, 1.54) is 0 Å². The van der Waals surface area contributed by atoms with Crippen molar-refractivity contribution in [2.24, 2.45) is 0 Å². The second kappa shape index (κ2) is 6.30. The molecule has 0 atom stereocenters. The summed E-state index contributed by atoms with van der Waals surface area (Å²) in [6.07, 6.45) is 0. The minimum absolute atomic E-state index is 0.257. The van der Waals surface area contributed by atoms with Gasteiger partial charge in [-0.15, -0.1) is 0 Å². The van der Waals surface area contributed by atoms with Gasteiger partial charge in [0.05, 0.1) is 0 Å². The van der Waals surface area contributed by atoms with Gasteiger partial charge in [0.15, 0.2) is 0 Å². The molecule has 0 bridgehead atoms. The second-order valence-corrected chi connectivity index (χ2v) is 3.61. The summed E-state index contributed by atoms with van der Waals surface area (Å²) in [5, 5.41) is 25.6. The first-order chi connectivity index (χ1) is 8.49. The van der Waals surface area contributed by atoms with Gasteiger partial charge in [-0.05, 0) is 35.4 Å². The lowest BCUT2D eigenvalue weighted by atomic mass is 10.1. The smallest absolute Gasteiger partial charge is 0.300 e. The van der Waals surface area contributed by atoms with Crippen molar-refractivity contribution in [1.29, 1.82) is 0 Å². The number of phenols is 2. The van der Waals surface area contributed by atoms with Gasteiger partial charge in [-0.1, -0.05) is 24.3 Å². The van der Waals surface area contributed by atoms with Crippen molar-refractivity contribution in [2.45, 2.75) is 6.92 Å². The first-order valence-corrected chi connectivity index (χ1v) is 5.27. The number of hydrogen-bond donors (Lipinski definition) is 3. The van der Waals surface area contributed by atoms with Gasteiger partial charge in [-0.3, -0.25) is 4.79 Å². The molecule has 0 spiro atoms. The topological polar surface area (TPSA) is 77.8 Å². The number of carboxylic acids is 1. The van der Waals surface area contributed by atoms with Crippen LogP contribution in [0.1, 0.15) is 6.92 Å². The Morgan fingerprint density at radius 3 is 1.22 bits per heavy atom. The van der Waals surface area contributed by atoms with Crippen LogP contribution >= 0.6 is 0 Å². The number of aromatic hydroxyl groups is 2. The van der Waals surface area contributed by atoms with Crippen LogP contribution in [-0.4, -0.2) is 21.3 Å². The molecule has 2 aromatic rings. The molecule has 2 aromatic carbocycles. The predicted molar refractivity (Wildman–Crippen MR) is 68.5 cm³/mol. The Bertz CT molecular complexity index is 453. The molecule has 0 radical (unpaired) electrons. The van der Waals surface area contributed by atoms with Gasteiger partial charge < -0.3 is 15.3 Å². The summed E-state index contributed by atoms with van der Waals surface area (Å²) in [6, 6.07) is 13.9. The number of carboxylic acid groups (broad SMARTS) is 1. The van der Waals surface area contributed by atoms with Gasteiger partial charge >= 0.3 is 0 Å². The maximum atomic E-state index is 9.11. The summed E-state index contributed by atoms with van der Waals surface area (Å²) in [5.41, 5.74) is 2.03. The fourth-order valence-electron chi connectivity index (χ4n) is 1.31. The van der Waals surface area contributed by atoms with Crippen molar-refractivity contribution < 1.29 is 20.1 Å². The van der Waals surface area contributed by atoms with Crippen LogP contribution in [0, 0.1) is 0 Å². The van der Waals surface area contributed by atoms with Gasteiger partial charge in [0.1, 0.15) is 11.5 Å². The van der Waals surface area contributed by atoms with Crippen LogP contribution in [0.4, 0.5) is 0 Å². The average Bonchev–Trinajstić information content (AvgIpc) is 2.31. The molecule has 0 aromatic heterocycles. The summed E-state index contributed by atoms with van der Waals surface area (Å²) < 4.78 is 0. The summed E-state index contributed by atoms with van der Waals surface area (Å²) in [7, 11) is 0. The van der Waals surface area contributed by atoms with E-state index in [4.69, 9.17) is 20.1 Å². The lowest BCUT2D eigenvalue weighted by molar-refractivity contribution is -0.134. The molecular weight excluding hydrogens is 232 g/mol. The highest BCUT2D eigenvalue weighted by atomic mass is 16.4. The van der Waals surface area contributed by atoms with Crippen molar-refractivity contribution in [1.82, 2.24) is 0 Å². The number of carbonyl (C=O) groups is 1. The average molecular weight is 246 g/mol. The van der Waals surface area contributed by atoms with Crippen molar-refractivity contribution in [3.8, 4) is 22.6 Å². The molecule has 4 heteroatoms. The van der Waals surface area contributed by atoms with Crippen LogP contribution in [-0.2, 0) is 4.79 Å². The molecule has 2 rings (SSSR count). The van der Waals surface area contributed by atoms with Crippen LogP contribution < -0.4 is 0 Å². The summed E-state index contributed by atoms with van der Waals surface area (Å²) in [6.45, 7) is 1.08. The Kier molecular flexibility index (Phi) is 4.75. The fraction of sp³-hybridized carbons (Fsp3) is 0.0714. The van der Waals surface area contributed by atoms with Crippen molar-refractivity contribution in [3.63, 3.8) is 0 Å². The van der Waals surface area contributed by atoms with Gasteiger partial charge in [0, 0.05) is 6.92 Å². The van der Waals surface area contributed by atoms with Crippen LogP contribution in [0.25, 0.3) is 11.1 Å². The minimum Gasteiger partial charge on any atom is -0.508 e. The maximum absolute atomic E-state index is 9.11. The van der Waals surface area contributed by atoms with Crippen molar-refractivity contribution in [2.75, 3.05) is 0 Å². The first kappa shape index (κ1) is 13.6. The summed E-state index contributed by atoms with van der Waals surface area (Å²) >= 11 is 0. The lowest BCUT2D eigenvalue weighted by Gasteiger charge is -2.01. The molecule has 0 saturated heterocycles. The molecule has 0 saturated carbocycles. The zero-order chi connectivity index (χ0) is 13.5. The highest BCUT2D eigenvalue weighted by Gasteiger charge is 1.96. The van der Waals surface area contributed by atoms with E-state index in [-0.39, 0.29) is 11.5 Å². The zero-order valence-corrected chi connectivity index (χ0v) is 9.87. The van der Waals surface area contributed by atoms with Crippen molar-refractivity contribution >= 4 is 5.97 Å². The molecule has 18 heavy (non-hydrogen) atoms. The summed E-state index contributed by atoms with van der Waals surface area (Å²) in [5.74, 6) is -0.319. The Morgan fingerprint density at radius 1 is 0.778 bits per heavy atom. The fourth-order valence-corrected chi connectivity index (χ4v) is 1.31. The zero-order valence-electron chi connectivity index (χ0n) is 9.87. The molecule has 0 unspecified atom stereocenters. The van der Waals surface area contributed by atoms with Gasteiger partial charge in [-0.25, -0.2) is 0 Å². The number of rotatable bonds is 1. The number of hydrogen-bond acceptors (Lipinski definition) is 3. The molecule has 0 amide bonds. The Labute approximate surface area is 105 Å². The standard InChI is InChI=1S/C12H10O2.C2H4O2/c13-11-5-1-9(2-6-11)10-3-7-12(14)8-4-10;1-2(3)4/h1-8,13-14H;1H3,(H,3,4). The van der Waals surface area contributed by atoms with Crippen LogP contribution in [0.2, 0.25) is 0 Å². The van der Waals surface area contributed by atoms with E-state index in [1.807, 2.05) is 24.3 Å². The number of benzene rings is 2. The minimum atomic E-state index is -0.833. The third-order valence-electron chi connectivity index (χ3n) is 2.07. The van der Waals surface area contributed by atoms with Crippen molar-refractivity contribution in [3.05, 3.63) is 48.5 Å². The van der Waals surface area contributed by atoms with E-state index in [2.05, 4.69) is 0 Å². The van der Waals surface area contributed by atoms with E-state index >= 15 is 0 Å². The third kappa shape index (κ3) is 4.57. The van der Waals surface area contributed by atoms with Crippen LogP contribution in [0.15, 0.2) is 48.5 Å². The van der Waals surface area contributed by atoms with E-state index in [1.54, 1.807) is 24.3 Å². The highest BCUT2D eigenvalue weighted by molar-refractivity contribution is 5.64. The SMILES string of the molecule is CC(=O)O.Oc1ccc(-c2ccc(O)cc2)cc1. The van der Waals surface area contributed by atoms with Gasteiger partial charge in [-0.2, -0.15) is 0 Å². The van der Waals surface area contributed by atoms with E-state index < -0.39 is 5.97 Å². The second-order valence-electron chi connectivity index (χ2n) is 3.61. The van der Waals surface area contributed by atoms with E-state index in [9.17, 15) is 0 Å². The van der Waals surface area contributed by atoms with Gasteiger partial charge in [0.25, 0.3) is 5.97 Å². The number of aliphatic carboxylic acids is 1. The monoisotopic (exact) mass is 246 g/mol. The van der Waals surface area contributed by atoms with E-state index in [0.29, 0.717) is 0 Å². The molecule has 0 aliphatic carbocycles. The highest BCUT2D eigenvalue weighted by Crippen LogP contribution is 2.23.